The standard InChI is InChI=1S/C32H41N3O5S/c1-21-16-17-27(41-21)29(37)33-24(18-22-12-8-6-9-13-22)20-26(36)25(19-23-14-10-7-11-15-23)34-30(38)28(32(2,3)4)35(5)31(39)40/h6-17,24-26,28,36H,18-20H2,1-5H3,(H,33,37)(H,34,38)(H,39,40)/t24-,25-,26-,28+/m0/s1. The van der Waals surface area contributed by atoms with Crippen molar-refractivity contribution < 1.29 is 24.6 Å². The Balaban J connectivity index is 1.87. The van der Waals surface area contributed by atoms with E-state index in [0.29, 0.717) is 17.7 Å². The molecule has 4 N–H and O–H groups in total. The number of carboxylic acid groups (broad SMARTS) is 1. The molecule has 0 bridgehead atoms. The molecule has 3 amide bonds. The van der Waals surface area contributed by atoms with Crippen LogP contribution in [0.1, 0.15) is 52.9 Å². The zero-order chi connectivity index (χ0) is 30.2. The van der Waals surface area contributed by atoms with E-state index in [1.54, 1.807) is 26.8 Å². The first-order valence-corrected chi connectivity index (χ1v) is 14.6. The molecule has 0 saturated carbocycles. The van der Waals surface area contributed by atoms with E-state index < -0.39 is 41.6 Å². The molecule has 1 aromatic heterocycles. The smallest absolute Gasteiger partial charge is 0.407 e. The molecule has 0 saturated heterocycles. The topological polar surface area (TPSA) is 119 Å². The van der Waals surface area contributed by atoms with Crippen LogP contribution in [-0.2, 0) is 17.6 Å². The van der Waals surface area contributed by atoms with Gasteiger partial charge in [0.05, 0.1) is 17.0 Å². The molecule has 0 fully saturated rings. The third-order valence-corrected chi connectivity index (χ3v) is 8.00. The summed E-state index contributed by atoms with van der Waals surface area (Å²) < 4.78 is 0. The Labute approximate surface area is 246 Å². The molecule has 0 aliphatic carbocycles. The van der Waals surface area contributed by atoms with E-state index in [0.717, 1.165) is 20.9 Å². The monoisotopic (exact) mass is 579 g/mol. The highest BCUT2D eigenvalue weighted by atomic mass is 32.1. The Hall–Kier alpha value is -3.69. The van der Waals surface area contributed by atoms with E-state index in [1.165, 1.54) is 18.4 Å². The number of likely N-dealkylation sites (N-methyl/N-ethyl adjacent to an activating group) is 1. The van der Waals surface area contributed by atoms with Crippen molar-refractivity contribution in [1.82, 2.24) is 15.5 Å². The zero-order valence-corrected chi connectivity index (χ0v) is 25.2. The van der Waals surface area contributed by atoms with Crippen molar-refractivity contribution in [3.8, 4) is 0 Å². The predicted octanol–water partition coefficient (Wildman–Crippen LogP) is 4.90. The number of rotatable bonds is 12. The number of amides is 3. The van der Waals surface area contributed by atoms with Gasteiger partial charge in [-0.15, -0.1) is 11.3 Å². The second-order valence-electron chi connectivity index (χ2n) is 11.5. The number of aliphatic hydroxyl groups is 1. The maximum absolute atomic E-state index is 13.6. The van der Waals surface area contributed by atoms with E-state index in [4.69, 9.17) is 0 Å². The van der Waals surface area contributed by atoms with E-state index in [9.17, 15) is 24.6 Å². The van der Waals surface area contributed by atoms with Crippen molar-refractivity contribution in [2.45, 2.75) is 71.2 Å². The summed E-state index contributed by atoms with van der Waals surface area (Å²) in [5, 5.41) is 27.3. The summed E-state index contributed by atoms with van der Waals surface area (Å²) in [5.74, 6) is -0.698. The van der Waals surface area contributed by atoms with Crippen molar-refractivity contribution in [1.29, 1.82) is 0 Å². The minimum absolute atomic E-state index is 0.178. The highest BCUT2D eigenvalue weighted by Gasteiger charge is 2.39. The van der Waals surface area contributed by atoms with Gasteiger partial charge in [0, 0.05) is 18.0 Å². The van der Waals surface area contributed by atoms with Gasteiger partial charge in [0.1, 0.15) is 6.04 Å². The van der Waals surface area contributed by atoms with Gasteiger partial charge >= 0.3 is 6.09 Å². The lowest BCUT2D eigenvalue weighted by atomic mass is 9.84. The SMILES string of the molecule is Cc1ccc(C(=O)N[C@@H](Cc2ccccc2)C[C@H](O)[C@H](Cc2ccccc2)NC(=O)[C@@H](N(C)C(=O)O)C(C)(C)C)s1. The number of hydrogen-bond donors (Lipinski definition) is 4. The molecule has 0 spiro atoms. The van der Waals surface area contributed by atoms with Crippen LogP contribution >= 0.6 is 11.3 Å². The first-order valence-electron chi connectivity index (χ1n) is 13.7. The number of aliphatic hydroxyl groups excluding tert-OH is 1. The number of nitrogens with one attached hydrogen (secondary N) is 2. The van der Waals surface area contributed by atoms with Crippen molar-refractivity contribution in [3.63, 3.8) is 0 Å². The lowest BCUT2D eigenvalue weighted by Crippen LogP contribution is -2.58. The van der Waals surface area contributed by atoms with Crippen LogP contribution in [0, 0.1) is 12.3 Å². The first-order chi connectivity index (χ1) is 19.3. The Bertz CT molecular complexity index is 1290. The van der Waals surface area contributed by atoms with Gasteiger partial charge in [-0.25, -0.2) is 4.79 Å². The third kappa shape index (κ3) is 9.43. The van der Waals surface area contributed by atoms with Crippen LogP contribution in [0.25, 0.3) is 0 Å². The fourth-order valence-corrected chi connectivity index (χ4v) is 5.80. The van der Waals surface area contributed by atoms with Crippen LogP contribution in [0.3, 0.4) is 0 Å². The van der Waals surface area contributed by atoms with Gasteiger partial charge in [-0.3, -0.25) is 14.5 Å². The molecule has 2 aromatic carbocycles. The molecule has 0 aliphatic rings. The van der Waals surface area contributed by atoms with E-state index in [2.05, 4.69) is 10.6 Å². The van der Waals surface area contributed by atoms with Crippen molar-refractivity contribution in [2.75, 3.05) is 7.05 Å². The lowest BCUT2D eigenvalue weighted by Gasteiger charge is -2.37. The summed E-state index contributed by atoms with van der Waals surface area (Å²) in [4.78, 5) is 41.1. The zero-order valence-electron chi connectivity index (χ0n) is 24.3. The molecule has 4 atom stereocenters. The number of benzene rings is 2. The van der Waals surface area contributed by atoms with E-state index in [-0.39, 0.29) is 12.3 Å². The molecular formula is C32H41N3O5S. The molecule has 8 nitrogen and oxygen atoms in total. The third-order valence-electron chi connectivity index (χ3n) is 7.00. The van der Waals surface area contributed by atoms with Crippen LogP contribution in [0.15, 0.2) is 72.8 Å². The number of aryl methyl sites for hydroxylation is 1. The summed E-state index contributed by atoms with van der Waals surface area (Å²) in [7, 11) is 1.37. The number of hydrogen-bond acceptors (Lipinski definition) is 5. The van der Waals surface area contributed by atoms with Crippen LogP contribution in [0.4, 0.5) is 4.79 Å². The summed E-state index contributed by atoms with van der Waals surface area (Å²) in [6.07, 6.45) is -1.24. The van der Waals surface area contributed by atoms with Gasteiger partial charge in [0.25, 0.3) is 5.91 Å². The van der Waals surface area contributed by atoms with Crippen molar-refractivity contribution >= 4 is 29.2 Å². The molecule has 41 heavy (non-hydrogen) atoms. The second-order valence-corrected chi connectivity index (χ2v) is 12.8. The molecular weight excluding hydrogens is 538 g/mol. The van der Waals surface area contributed by atoms with Crippen LogP contribution in [0.5, 0.6) is 0 Å². The van der Waals surface area contributed by atoms with E-state index >= 15 is 0 Å². The maximum Gasteiger partial charge on any atom is 0.407 e. The molecule has 0 radical (unpaired) electrons. The fraction of sp³-hybridized carbons (Fsp3) is 0.406. The molecule has 3 rings (SSSR count). The Morgan fingerprint density at radius 1 is 0.878 bits per heavy atom. The second kappa shape index (κ2) is 14.3. The van der Waals surface area contributed by atoms with Gasteiger partial charge in [-0.05, 0) is 54.9 Å². The van der Waals surface area contributed by atoms with Gasteiger partial charge < -0.3 is 20.8 Å². The summed E-state index contributed by atoms with van der Waals surface area (Å²) in [6.45, 7) is 7.35. The molecule has 3 aromatic rings. The number of thiophene rings is 1. The molecule has 1 heterocycles. The first kappa shape index (κ1) is 31.8. The molecule has 0 unspecified atom stereocenters. The van der Waals surface area contributed by atoms with Crippen LogP contribution < -0.4 is 10.6 Å². The van der Waals surface area contributed by atoms with Gasteiger partial charge in [0.15, 0.2) is 0 Å². The van der Waals surface area contributed by atoms with Crippen molar-refractivity contribution in [3.05, 3.63) is 93.7 Å². The minimum Gasteiger partial charge on any atom is -0.465 e. The van der Waals surface area contributed by atoms with Gasteiger partial charge in [-0.2, -0.15) is 0 Å². The normalized spacial score (nSPS) is 14.4. The van der Waals surface area contributed by atoms with Gasteiger partial charge in [0.2, 0.25) is 5.91 Å². The van der Waals surface area contributed by atoms with Crippen LogP contribution in [0.2, 0.25) is 0 Å². The number of nitrogens with zero attached hydrogens (tertiary/aromatic N) is 1. The molecule has 9 heteroatoms. The summed E-state index contributed by atoms with van der Waals surface area (Å²) in [5.41, 5.74) is 1.22. The Kier molecular flexibility index (Phi) is 11.1. The van der Waals surface area contributed by atoms with Crippen LogP contribution in [-0.4, -0.2) is 64.3 Å². The number of carbonyl (C=O) groups excluding carboxylic acids is 2. The molecule has 220 valence electrons. The highest BCUT2D eigenvalue weighted by Crippen LogP contribution is 2.25. The molecule has 0 aliphatic heterocycles. The lowest BCUT2D eigenvalue weighted by molar-refractivity contribution is -0.130. The quantitative estimate of drug-likeness (QED) is 0.243. The largest absolute Gasteiger partial charge is 0.465 e. The average Bonchev–Trinajstić information content (AvgIpc) is 3.35. The summed E-state index contributed by atoms with van der Waals surface area (Å²) >= 11 is 1.41. The van der Waals surface area contributed by atoms with Crippen molar-refractivity contribution in [2.24, 2.45) is 5.41 Å². The average molecular weight is 580 g/mol. The predicted molar refractivity (Wildman–Crippen MR) is 162 cm³/mol. The maximum atomic E-state index is 13.6. The summed E-state index contributed by atoms with van der Waals surface area (Å²) in [6, 6.07) is 20.8. The highest BCUT2D eigenvalue weighted by molar-refractivity contribution is 7.13. The minimum atomic E-state index is -1.21. The number of carbonyl (C=O) groups is 3. The fourth-order valence-electron chi connectivity index (χ4n) is 5.03. The Morgan fingerprint density at radius 3 is 1.93 bits per heavy atom. The Morgan fingerprint density at radius 2 is 1.44 bits per heavy atom. The van der Waals surface area contributed by atoms with E-state index in [1.807, 2.05) is 73.7 Å². The van der Waals surface area contributed by atoms with Gasteiger partial charge in [-0.1, -0.05) is 81.4 Å².